The Labute approximate surface area is 99.5 Å². The van der Waals surface area contributed by atoms with Crippen molar-refractivity contribution in [3.05, 3.63) is 29.3 Å². The summed E-state index contributed by atoms with van der Waals surface area (Å²) in [4.78, 5) is 2.32. The summed E-state index contributed by atoms with van der Waals surface area (Å²) >= 11 is 0. The fourth-order valence-corrected chi connectivity index (χ4v) is 2.22. The van der Waals surface area contributed by atoms with Crippen LogP contribution in [0.25, 0.3) is 0 Å². The van der Waals surface area contributed by atoms with Gasteiger partial charge >= 0.3 is 0 Å². The van der Waals surface area contributed by atoms with Gasteiger partial charge in [0.25, 0.3) is 0 Å². The molecular formula is C14H24N2. The molecule has 2 N–H and O–H groups in total. The first kappa shape index (κ1) is 13.0. The Bertz CT molecular complexity index is 350. The van der Waals surface area contributed by atoms with E-state index in [-0.39, 0.29) is 0 Å². The summed E-state index contributed by atoms with van der Waals surface area (Å²) in [7, 11) is 2.15. The molecule has 0 heterocycles. The van der Waals surface area contributed by atoms with Gasteiger partial charge in [-0.15, -0.1) is 0 Å². The highest BCUT2D eigenvalue weighted by molar-refractivity contribution is 5.59. The van der Waals surface area contributed by atoms with Crippen LogP contribution in [0.15, 0.2) is 18.2 Å². The van der Waals surface area contributed by atoms with E-state index in [9.17, 15) is 0 Å². The highest BCUT2D eigenvalue weighted by atomic mass is 15.1. The van der Waals surface area contributed by atoms with Crippen LogP contribution in [0.2, 0.25) is 0 Å². The molecular weight excluding hydrogens is 196 g/mol. The molecule has 0 aliphatic carbocycles. The van der Waals surface area contributed by atoms with Gasteiger partial charge in [0, 0.05) is 25.8 Å². The quantitative estimate of drug-likeness (QED) is 0.848. The zero-order valence-corrected chi connectivity index (χ0v) is 11.2. The van der Waals surface area contributed by atoms with E-state index in [0.717, 1.165) is 6.54 Å². The Balaban J connectivity index is 3.02. The number of hydrogen-bond acceptors (Lipinski definition) is 2. The standard InChI is InChI=1S/C14H24N2/c1-11-7-6-8-12(9-15)13(11)16(5)10-14(2,3)4/h6-8H,9-10,15H2,1-5H3. The fraction of sp³-hybridized carbons (Fsp3) is 0.571. The van der Waals surface area contributed by atoms with Crippen molar-refractivity contribution in [2.45, 2.75) is 34.2 Å². The van der Waals surface area contributed by atoms with E-state index in [1.54, 1.807) is 0 Å². The topological polar surface area (TPSA) is 29.3 Å². The van der Waals surface area contributed by atoms with Gasteiger partial charge in [0.1, 0.15) is 0 Å². The van der Waals surface area contributed by atoms with Crippen LogP contribution in [0.5, 0.6) is 0 Å². The van der Waals surface area contributed by atoms with Gasteiger partial charge in [0.2, 0.25) is 0 Å². The molecule has 2 heteroatoms. The minimum Gasteiger partial charge on any atom is -0.374 e. The van der Waals surface area contributed by atoms with Crippen molar-refractivity contribution in [2.24, 2.45) is 11.1 Å². The average molecular weight is 220 g/mol. The molecule has 0 aromatic heterocycles. The number of aryl methyl sites for hydroxylation is 1. The van der Waals surface area contributed by atoms with Crippen LogP contribution in [0, 0.1) is 12.3 Å². The summed E-state index contributed by atoms with van der Waals surface area (Å²) in [5.74, 6) is 0. The van der Waals surface area contributed by atoms with Crippen molar-refractivity contribution in [2.75, 3.05) is 18.5 Å². The van der Waals surface area contributed by atoms with Crippen molar-refractivity contribution in [1.82, 2.24) is 0 Å². The molecule has 0 saturated heterocycles. The molecule has 0 fully saturated rings. The minimum atomic E-state index is 0.295. The SMILES string of the molecule is Cc1cccc(CN)c1N(C)CC(C)(C)C. The van der Waals surface area contributed by atoms with Gasteiger partial charge in [-0.1, -0.05) is 39.0 Å². The van der Waals surface area contributed by atoms with Crippen LogP contribution in [0.3, 0.4) is 0 Å². The summed E-state index contributed by atoms with van der Waals surface area (Å²) < 4.78 is 0. The van der Waals surface area contributed by atoms with Crippen LogP contribution >= 0.6 is 0 Å². The monoisotopic (exact) mass is 220 g/mol. The fourth-order valence-electron chi connectivity index (χ4n) is 2.22. The molecule has 0 atom stereocenters. The number of anilines is 1. The van der Waals surface area contributed by atoms with E-state index in [4.69, 9.17) is 5.73 Å². The zero-order chi connectivity index (χ0) is 12.3. The first-order chi connectivity index (χ1) is 7.35. The first-order valence-electron chi connectivity index (χ1n) is 5.85. The van der Waals surface area contributed by atoms with Crippen LogP contribution in [0.4, 0.5) is 5.69 Å². The lowest BCUT2D eigenvalue weighted by Gasteiger charge is -2.31. The highest BCUT2D eigenvalue weighted by Crippen LogP contribution is 2.26. The molecule has 16 heavy (non-hydrogen) atoms. The molecule has 0 spiro atoms. The van der Waals surface area contributed by atoms with Crippen molar-refractivity contribution in [3.63, 3.8) is 0 Å². The largest absolute Gasteiger partial charge is 0.374 e. The third-order valence-electron chi connectivity index (χ3n) is 2.63. The summed E-state index contributed by atoms with van der Waals surface area (Å²) in [5, 5.41) is 0. The molecule has 1 aromatic rings. The number of nitrogens with zero attached hydrogens (tertiary/aromatic N) is 1. The van der Waals surface area contributed by atoms with Gasteiger partial charge in [-0.05, 0) is 23.5 Å². The molecule has 2 nitrogen and oxygen atoms in total. The predicted octanol–water partition coefficient (Wildman–Crippen LogP) is 2.94. The Morgan fingerprint density at radius 2 is 1.88 bits per heavy atom. The van der Waals surface area contributed by atoms with E-state index in [1.165, 1.54) is 16.8 Å². The van der Waals surface area contributed by atoms with Crippen LogP contribution in [0.1, 0.15) is 31.9 Å². The Morgan fingerprint density at radius 3 is 2.38 bits per heavy atom. The molecule has 0 saturated carbocycles. The molecule has 90 valence electrons. The van der Waals surface area contributed by atoms with Crippen LogP contribution in [-0.2, 0) is 6.54 Å². The number of hydrogen-bond donors (Lipinski definition) is 1. The summed E-state index contributed by atoms with van der Waals surface area (Å²) in [6.07, 6.45) is 0. The Hall–Kier alpha value is -1.02. The summed E-state index contributed by atoms with van der Waals surface area (Å²) in [5.41, 5.74) is 9.91. The van der Waals surface area contributed by atoms with E-state index < -0.39 is 0 Å². The molecule has 0 radical (unpaired) electrons. The lowest BCUT2D eigenvalue weighted by Crippen LogP contribution is -2.30. The van der Waals surface area contributed by atoms with Gasteiger partial charge < -0.3 is 10.6 Å². The minimum absolute atomic E-state index is 0.295. The van der Waals surface area contributed by atoms with Crippen molar-refractivity contribution < 1.29 is 0 Å². The van der Waals surface area contributed by atoms with Crippen LogP contribution in [-0.4, -0.2) is 13.6 Å². The summed E-state index contributed by atoms with van der Waals surface area (Å²) in [6.45, 7) is 10.5. The number of para-hydroxylation sites is 1. The second-order valence-corrected chi connectivity index (χ2v) is 5.70. The normalized spacial score (nSPS) is 11.6. The van der Waals surface area contributed by atoms with Gasteiger partial charge in [-0.3, -0.25) is 0 Å². The van der Waals surface area contributed by atoms with Crippen molar-refractivity contribution in [1.29, 1.82) is 0 Å². The Kier molecular flexibility index (Phi) is 3.98. The highest BCUT2D eigenvalue weighted by Gasteiger charge is 2.16. The number of rotatable bonds is 3. The maximum absolute atomic E-state index is 5.79. The van der Waals surface area contributed by atoms with Gasteiger partial charge in [0.15, 0.2) is 0 Å². The zero-order valence-electron chi connectivity index (χ0n) is 11.2. The van der Waals surface area contributed by atoms with Crippen LogP contribution < -0.4 is 10.6 Å². The van der Waals surface area contributed by atoms with E-state index in [2.05, 4.69) is 57.8 Å². The summed E-state index contributed by atoms with van der Waals surface area (Å²) in [6, 6.07) is 6.33. The lowest BCUT2D eigenvalue weighted by atomic mass is 9.95. The maximum atomic E-state index is 5.79. The molecule has 1 aromatic carbocycles. The average Bonchev–Trinajstić information content (AvgIpc) is 2.14. The number of benzene rings is 1. The van der Waals surface area contributed by atoms with E-state index in [1.807, 2.05) is 0 Å². The van der Waals surface area contributed by atoms with Gasteiger partial charge in [-0.2, -0.15) is 0 Å². The molecule has 0 amide bonds. The third kappa shape index (κ3) is 3.24. The number of nitrogens with two attached hydrogens (primary N) is 1. The predicted molar refractivity (Wildman–Crippen MR) is 71.8 cm³/mol. The van der Waals surface area contributed by atoms with E-state index in [0.29, 0.717) is 12.0 Å². The molecule has 0 aliphatic heterocycles. The Morgan fingerprint density at radius 1 is 1.25 bits per heavy atom. The van der Waals surface area contributed by atoms with Crippen molar-refractivity contribution in [3.8, 4) is 0 Å². The molecule has 1 rings (SSSR count). The lowest BCUT2D eigenvalue weighted by molar-refractivity contribution is 0.418. The first-order valence-corrected chi connectivity index (χ1v) is 5.85. The van der Waals surface area contributed by atoms with Gasteiger partial charge in [0.05, 0.1) is 0 Å². The van der Waals surface area contributed by atoms with E-state index >= 15 is 0 Å². The molecule has 0 aliphatic rings. The smallest absolute Gasteiger partial charge is 0.0439 e. The second-order valence-electron chi connectivity index (χ2n) is 5.70. The molecule has 0 unspecified atom stereocenters. The third-order valence-corrected chi connectivity index (χ3v) is 2.63. The molecule has 0 bridgehead atoms. The van der Waals surface area contributed by atoms with Gasteiger partial charge in [-0.25, -0.2) is 0 Å². The maximum Gasteiger partial charge on any atom is 0.0439 e. The van der Waals surface area contributed by atoms with Crippen molar-refractivity contribution >= 4 is 5.69 Å². The second kappa shape index (κ2) is 4.88.